The second kappa shape index (κ2) is 4.32. The van der Waals surface area contributed by atoms with Crippen molar-refractivity contribution in [3.05, 3.63) is 46.2 Å². The van der Waals surface area contributed by atoms with Crippen molar-refractivity contribution in [2.24, 2.45) is 4.99 Å². The molecule has 1 heterocycles. The molecule has 16 heavy (non-hydrogen) atoms. The Labute approximate surface area is 96.1 Å². The molecule has 1 aromatic carbocycles. The van der Waals surface area contributed by atoms with Crippen LogP contribution in [0.15, 0.2) is 40.8 Å². The standard InChI is InChI=1S/C11H10N2O2S/c1-8-4-2-3-5-9(8)13-6-7-16-10(13)12-11(14)15/h2-7H,1H3,(H,14,15)/b12-10+. The first kappa shape index (κ1) is 10.6. The van der Waals surface area contributed by atoms with Crippen LogP contribution in [-0.2, 0) is 0 Å². The fourth-order valence-electron chi connectivity index (χ4n) is 1.45. The number of nitrogens with zero attached hydrogens (tertiary/aromatic N) is 2. The number of para-hydroxylation sites is 1. The summed E-state index contributed by atoms with van der Waals surface area (Å²) in [7, 11) is 0. The Morgan fingerprint density at radius 2 is 2.19 bits per heavy atom. The number of hydrogen-bond acceptors (Lipinski definition) is 2. The van der Waals surface area contributed by atoms with Crippen LogP contribution >= 0.6 is 11.3 Å². The van der Waals surface area contributed by atoms with Crippen LogP contribution in [0.2, 0.25) is 0 Å². The van der Waals surface area contributed by atoms with Crippen LogP contribution in [0.5, 0.6) is 0 Å². The molecule has 0 spiro atoms. The molecule has 0 atom stereocenters. The van der Waals surface area contributed by atoms with Gasteiger partial charge in [0, 0.05) is 11.6 Å². The maximum Gasteiger partial charge on any atom is 0.433 e. The number of amides is 1. The summed E-state index contributed by atoms with van der Waals surface area (Å²) in [6.07, 6.45) is 0.638. The minimum Gasteiger partial charge on any atom is -0.463 e. The molecular formula is C11H10N2O2S. The zero-order chi connectivity index (χ0) is 11.5. The molecular weight excluding hydrogens is 224 g/mol. The Bertz CT molecular complexity index is 583. The Morgan fingerprint density at radius 3 is 2.88 bits per heavy atom. The van der Waals surface area contributed by atoms with Gasteiger partial charge in [-0.05, 0) is 18.6 Å². The van der Waals surface area contributed by atoms with E-state index in [4.69, 9.17) is 5.11 Å². The summed E-state index contributed by atoms with van der Waals surface area (Å²) in [4.78, 5) is 14.6. The average Bonchev–Trinajstić information content (AvgIpc) is 2.66. The fourth-order valence-corrected chi connectivity index (χ4v) is 2.16. The molecule has 0 aliphatic carbocycles. The van der Waals surface area contributed by atoms with Gasteiger partial charge in [-0.15, -0.1) is 16.3 Å². The quantitative estimate of drug-likeness (QED) is 0.823. The summed E-state index contributed by atoms with van der Waals surface area (Å²) >= 11 is 1.30. The highest BCUT2D eigenvalue weighted by Crippen LogP contribution is 2.11. The van der Waals surface area contributed by atoms with Crippen molar-refractivity contribution in [1.82, 2.24) is 4.57 Å². The van der Waals surface area contributed by atoms with Gasteiger partial charge in [-0.3, -0.25) is 4.57 Å². The number of aromatic nitrogens is 1. The first-order chi connectivity index (χ1) is 7.68. The molecule has 1 aromatic heterocycles. The van der Waals surface area contributed by atoms with Crippen molar-refractivity contribution >= 4 is 17.4 Å². The van der Waals surface area contributed by atoms with Crippen molar-refractivity contribution < 1.29 is 9.90 Å². The smallest absolute Gasteiger partial charge is 0.433 e. The van der Waals surface area contributed by atoms with Gasteiger partial charge in [0.15, 0.2) is 0 Å². The summed E-state index contributed by atoms with van der Waals surface area (Å²) in [6.45, 7) is 1.98. The first-order valence-corrected chi connectivity index (χ1v) is 5.56. The fraction of sp³-hybridized carbons (Fsp3) is 0.0909. The topological polar surface area (TPSA) is 54.6 Å². The monoisotopic (exact) mass is 234 g/mol. The predicted molar refractivity (Wildman–Crippen MR) is 62.0 cm³/mol. The highest BCUT2D eigenvalue weighted by molar-refractivity contribution is 7.07. The van der Waals surface area contributed by atoms with E-state index < -0.39 is 6.09 Å². The van der Waals surface area contributed by atoms with Crippen LogP contribution in [0.1, 0.15) is 5.56 Å². The lowest BCUT2D eigenvalue weighted by Crippen LogP contribution is -2.14. The van der Waals surface area contributed by atoms with Crippen LogP contribution < -0.4 is 4.80 Å². The van der Waals surface area contributed by atoms with Gasteiger partial charge in [0.25, 0.3) is 0 Å². The molecule has 0 aliphatic heterocycles. The van der Waals surface area contributed by atoms with E-state index >= 15 is 0 Å². The molecule has 0 radical (unpaired) electrons. The van der Waals surface area contributed by atoms with Gasteiger partial charge >= 0.3 is 6.09 Å². The van der Waals surface area contributed by atoms with Crippen LogP contribution in [-0.4, -0.2) is 15.8 Å². The van der Waals surface area contributed by atoms with Crippen molar-refractivity contribution in [2.45, 2.75) is 6.92 Å². The molecule has 0 saturated carbocycles. The van der Waals surface area contributed by atoms with Crippen LogP contribution in [0.3, 0.4) is 0 Å². The van der Waals surface area contributed by atoms with Crippen LogP contribution in [0, 0.1) is 6.92 Å². The van der Waals surface area contributed by atoms with E-state index in [9.17, 15) is 4.79 Å². The lowest BCUT2D eigenvalue weighted by molar-refractivity contribution is 0.204. The van der Waals surface area contributed by atoms with Gasteiger partial charge in [0.1, 0.15) is 0 Å². The van der Waals surface area contributed by atoms with E-state index in [-0.39, 0.29) is 0 Å². The van der Waals surface area contributed by atoms with E-state index in [1.54, 1.807) is 4.57 Å². The number of carboxylic acid groups (broad SMARTS) is 1. The molecule has 4 nitrogen and oxygen atoms in total. The summed E-state index contributed by atoms with van der Waals surface area (Å²) < 4.78 is 1.77. The van der Waals surface area contributed by atoms with Gasteiger partial charge in [-0.1, -0.05) is 18.2 Å². The summed E-state index contributed by atoms with van der Waals surface area (Å²) in [5, 5.41) is 10.5. The zero-order valence-corrected chi connectivity index (χ0v) is 9.44. The average molecular weight is 234 g/mol. The van der Waals surface area contributed by atoms with Gasteiger partial charge in [0.2, 0.25) is 4.80 Å². The van der Waals surface area contributed by atoms with Crippen molar-refractivity contribution in [3.8, 4) is 5.69 Å². The number of thiazole rings is 1. The maximum absolute atomic E-state index is 10.6. The second-order valence-corrected chi connectivity index (χ2v) is 4.11. The summed E-state index contributed by atoms with van der Waals surface area (Å²) in [5.41, 5.74) is 2.02. The molecule has 0 fully saturated rings. The molecule has 0 saturated heterocycles. The Morgan fingerprint density at radius 1 is 1.44 bits per heavy atom. The summed E-state index contributed by atoms with van der Waals surface area (Å²) in [5.74, 6) is 0. The number of benzene rings is 1. The number of hydrogen-bond donors (Lipinski definition) is 1. The normalized spacial score (nSPS) is 11.7. The minimum atomic E-state index is -1.18. The van der Waals surface area contributed by atoms with Crippen molar-refractivity contribution in [2.75, 3.05) is 0 Å². The maximum atomic E-state index is 10.6. The molecule has 0 aliphatic rings. The third-order valence-corrected chi connectivity index (χ3v) is 2.91. The Hall–Kier alpha value is -1.88. The van der Waals surface area contributed by atoms with Crippen LogP contribution in [0.4, 0.5) is 4.79 Å². The third-order valence-electron chi connectivity index (χ3n) is 2.16. The van der Waals surface area contributed by atoms with E-state index in [1.807, 2.05) is 42.8 Å². The highest BCUT2D eigenvalue weighted by Gasteiger charge is 2.02. The lowest BCUT2D eigenvalue weighted by atomic mass is 10.2. The van der Waals surface area contributed by atoms with Crippen molar-refractivity contribution in [3.63, 3.8) is 0 Å². The van der Waals surface area contributed by atoms with E-state index in [1.165, 1.54) is 11.3 Å². The van der Waals surface area contributed by atoms with Gasteiger partial charge in [0.05, 0.1) is 5.69 Å². The first-order valence-electron chi connectivity index (χ1n) is 4.68. The lowest BCUT2D eigenvalue weighted by Gasteiger charge is -2.05. The Kier molecular flexibility index (Phi) is 2.87. The molecule has 0 bridgehead atoms. The highest BCUT2D eigenvalue weighted by atomic mass is 32.1. The second-order valence-electron chi connectivity index (χ2n) is 3.24. The minimum absolute atomic E-state index is 0.460. The Balaban J connectivity index is 2.62. The molecule has 0 unspecified atom stereocenters. The molecule has 1 N–H and O–H groups in total. The van der Waals surface area contributed by atoms with Crippen molar-refractivity contribution in [1.29, 1.82) is 0 Å². The van der Waals surface area contributed by atoms with Gasteiger partial charge < -0.3 is 5.11 Å². The molecule has 82 valence electrons. The molecule has 5 heteroatoms. The number of aryl methyl sites for hydroxylation is 1. The van der Waals surface area contributed by atoms with Gasteiger partial charge in [-0.25, -0.2) is 4.79 Å². The zero-order valence-electron chi connectivity index (χ0n) is 8.62. The molecule has 2 rings (SSSR count). The van der Waals surface area contributed by atoms with E-state index in [0.717, 1.165) is 11.3 Å². The molecule has 1 amide bonds. The molecule has 2 aromatic rings. The SMILES string of the molecule is Cc1ccccc1-n1ccs/c1=N/C(=O)O. The van der Waals surface area contributed by atoms with E-state index in [2.05, 4.69) is 4.99 Å². The predicted octanol–water partition coefficient (Wildman–Crippen LogP) is 2.43. The third kappa shape index (κ3) is 2.04. The van der Waals surface area contributed by atoms with Gasteiger partial charge in [-0.2, -0.15) is 0 Å². The summed E-state index contributed by atoms with van der Waals surface area (Å²) in [6, 6.07) is 7.77. The van der Waals surface area contributed by atoms with E-state index in [0.29, 0.717) is 4.80 Å². The van der Waals surface area contributed by atoms with Crippen LogP contribution in [0.25, 0.3) is 5.69 Å². The largest absolute Gasteiger partial charge is 0.463 e. The number of carbonyl (C=O) groups is 1. The number of rotatable bonds is 1.